The van der Waals surface area contributed by atoms with Gasteiger partial charge in [0.1, 0.15) is 0 Å². The third-order valence-electron chi connectivity index (χ3n) is 4.92. The summed E-state index contributed by atoms with van der Waals surface area (Å²) in [4.78, 5) is 6.60. The number of pyridine rings is 1. The molecule has 8 nitrogen and oxygen atoms in total. The zero-order valence-corrected chi connectivity index (χ0v) is 17.7. The van der Waals surface area contributed by atoms with E-state index in [2.05, 4.69) is 20.1 Å². The first kappa shape index (κ1) is 21.5. The van der Waals surface area contributed by atoms with E-state index in [1.165, 1.54) is 6.20 Å². The molecule has 1 aromatic carbocycles. The highest BCUT2D eigenvalue weighted by Gasteiger charge is 2.25. The van der Waals surface area contributed by atoms with E-state index >= 15 is 0 Å². The molecule has 2 aromatic heterocycles. The summed E-state index contributed by atoms with van der Waals surface area (Å²) in [7, 11) is 2.05. The number of anilines is 1. The highest BCUT2D eigenvalue weighted by Crippen LogP contribution is 2.24. The minimum absolute atomic E-state index is 0.0183. The molecule has 3 heterocycles. The molecule has 0 spiro atoms. The summed E-state index contributed by atoms with van der Waals surface area (Å²) in [5.74, 6) is -0.743. The average molecular weight is 448 g/mol. The van der Waals surface area contributed by atoms with E-state index in [0.717, 1.165) is 18.8 Å². The maximum absolute atomic E-state index is 13.4. The fraction of sp³-hybridized carbons (Fsp3) is 0.350. The highest BCUT2D eigenvalue weighted by molar-refractivity contribution is 7.84. The fourth-order valence-corrected chi connectivity index (χ4v) is 4.44. The first-order valence-corrected chi connectivity index (χ1v) is 10.8. The summed E-state index contributed by atoms with van der Waals surface area (Å²) in [6.45, 7) is 3.44. The molecular formula is C20H22F2N6O2S. The second kappa shape index (κ2) is 9.58. The van der Waals surface area contributed by atoms with Gasteiger partial charge in [0.15, 0.2) is 11.2 Å². The Morgan fingerprint density at radius 3 is 2.45 bits per heavy atom. The number of aromatic nitrogens is 3. The smallest absolute Gasteiger partial charge is 0.314 e. The van der Waals surface area contributed by atoms with Crippen molar-refractivity contribution < 1.29 is 17.4 Å². The van der Waals surface area contributed by atoms with Crippen LogP contribution < -0.4 is 4.31 Å². The van der Waals surface area contributed by atoms with Crippen LogP contribution in [0.2, 0.25) is 0 Å². The lowest BCUT2D eigenvalue weighted by atomic mass is 10.2. The first-order valence-electron chi connectivity index (χ1n) is 9.76. The zero-order chi connectivity index (χ0) is 21.8. The van der Waals surface area contributed by atoms with Crippen LogP contribution in [0.5, 0.6) is 0 Å². The number of likely N-dealkylation sites (N-methyl/N-ethyl adjacent to an activating group) is 1. The van der Waals surface area contributed by atoms with Gasteiger partial charge in [-0.1, -0.05) is 18.2 Å². The van der Waals surface area contributed by atoms with E-state index in [4.69, 9.17) is 4.42 Å². The van der Waals surface area contributed by atoms with Crippen LogP contribution in [-0.4, -0.2) is 61.8 Å². The van der Waals surface area contributed by atoms with Gasteiger partial charge in [0.25, 0.3) is 5.89 Å². The van der Waals surface area contributed by atoms with Crippen LogP contribution in [0, 0.1) is 0 Å². The maximum Gasteiger partial charge on any atom is 0.314 e. The quantitative estimate of drug-likeness (QED) is 0.553. The van der Waals surface area contributed by atoms with E-state index in [9.17, 15) is 13.0 Å². The minimum atomic E-state index is -2.82. The third kappa shape index (κ3) is 5.12. The fourth-order valence-electron chi connectivity index (χ4n) is 3.15. The third-order valence-corrected chi connectivity index (χ3v) is 6.44. The van der Waals surface area contributed by atoms with Crippen LogP contribution in [0.15, 0.2) is 53.1 Å². The second-order valence-electron chi connectivity index (χ2n) is 7.12. The molecule has 0 saturated carbocycles. The SMILES string of the molecule is CN1CCN(S(=O)N(Cc2ccc(-c3nnc(C(F)F)o3)cn2)c2ccccc2)CC1. The number of benzene rings is 1. The van der Waals surface area contributed by atoms with Crippen LogP contribution >= 0.6 is 0 Å². The molecule has 1 atom stereocenters. The lowest BCUT2D eigenvalue weighted by Gasteiger charge is -2.35. The Morgan fingerprint density at radius 2 is 1.84 bits per heavy atom. The van der Waals surface area contributed by atoms with Crippen molar-refractivity contribution in [3.63, 3.8) is 0 Å². The minimum Gasteiger partial charge on any atom is -0.415 e. The topological polar surface area (TPSA) is 78.6 Å². The Bertz CT molecular complexity index is 1010. The maximum atomic E-state index is 13.4. The lowest BCUT2D eigenvalue weighted by Crippen LogP contribution is -2.49. The molecular weight excluding hydrogens is 426 g/mol. The normalized spacial score (nSPS) is 16.5. The van der Waals surface area contributed by atoms with Gasteiger partial charge in [0.05, 0.1) is 23.5 Å². The summed E-state index contributed by atoms with van der Waals surface area (Å²) in [6, 6.07) is 12.9. The molecule has 1 aliphatic heterocycles. The summed E-state index contributed by atoms with van der Waals surface area (Å²) in [6.07, 6.45) is -1.34. The Balaban J connectivity index is 1.53. The molecule has 31 heavy (non-hydrogen) atoms. The molecule has 0 amide bonds. The van der Waals surface area contributed by atoms with Crippen molar-refractivity contribution in [1.82, 2.24) is 24.4 Å². The molecule has 0 N–H and O–H groups in total. The highest BCUT2D eigenvalue weighted by atomic mass is 32.2. The molecule has 0 radical (unpaired) electrons. The van der Waals surface area contributed by atoms with Gasteiger partial charge in [0, 0.05) is 32.4 Å². The lowest BCUT2D eigenvalue weighted by molar-refractivity contribution is 0.116. The van der Waals surface area contributed by atoms with Gasteiger partial charge in [-0.05, 0) is 31.3 Å². The Morgan fingerprint density at radius 1 is 1.10 bits per heavy atom. The Hall–Kier alpha value is -2.76. The standard InChI is InChI=1S/C20H22F2N6O2S/c1-26-9-11-27(12-10-26)31(29)28(17-5-3-2-4-6-17)14-16-8-7-15(13-23-16)19-24-25-20(30-19)18(21)22/h2-8,13,18H,9-12,14H2,1H3. The molecule has 1 fully saturated rings. The Kier molecular flexibility index (Phi) is 6.64. The van der Waals surface area contributed by atoms with Crippen LogP contribution in [-0.2, 0) is 17.7 Å². The largest absolute Gasteiger partial charge is 0.415 e. The number of piperazine rings is 1. The molecule has 0 aliphatic carbocycles. The van der Waals surface area contributed by atoms with Crippen LogP contribution in [0.1, 0.15) is 18.0 Å². The number of hydrogen-bond acceptors (Lipinski definition) is 6. The number of halogens is 2. The van der Waals surface area contributed by atoms with E-state index in [1.54, 1.807) is 16.4 Å². The number of para-hydroxylation sites is 1. The second-order valence-corrected chi connectivity index (χ2v) is 8.54. The van der Waals surface area contributed by atoms with Crippen LogP contribution in [0.25, 0.3) is 11.5 Å². The molecule has 0 bridgehead atoms. The van der Waals surface area contributed by atoms with Gasteiger partial charge in [-0.3, -0.25) is 9.29 Å². The molecule has 3 aromatic rings. The molecule has 4 rings (SSSR count). The number of rotatable bonds is 7. The van der Waals surface area contributed by atoms with E-state index < -0.39 is 23.5 Å². The Labute approximate surface area is 181 Å². The van der Waals surface area contributed by atoms with Crippen molar-refractivity contribution in [3.05, 3.63) is 60.2 Å². The first-order chi connectivity index (χ1) is 15.0. The summed E-state index contributed by atoms with van der Waals surface area (Å²) in [5.41, 5.74) is 1.93. The predicted molar refractivity (Wildman–Crippen MR) is 112 cm³/mol. The molecule has 1 saturated heterocycles. The zero-order valence-electron chi connectivity index (χ0n) is 16.9. The van der Waals surface area contributed by atoms with Crippen molar-refractivity contribution in [2.75, 3.05) is 37.5 Å². The molecule has 11 heteroatoms. The summed E-state index contributed by atoms with van der Waals surface area (Å²) in [5, 5.41) is 6.97. The number of nitrogens with zero attached hydrogens (tertiary/aromatic N) is 6. The van der Waals surface area contributed by atoms with E-state index in [1.807, 2.05) is 41.7 Å². The van der Waals surface area contributed by atoms with Crippen LogP contribution in [0.3, 0.4) is 0 Å². The monoisotopic (exact) mass is 448 g/mol. The van der Waals surface area contributed by atoms with Gasteiger partial charge in [-0.15, -0.1) is 10.2 Å². The van der Waals surface area contributed by atoms with Crippen molar-refractivity contribution in [1.29, 1.82) is 0 Å². The van der Waals surface area contributed by atoms with Crippen LogP contribution in [0.4, 0.5) is 14.5 Å². The van der Waals surface area contributed by atoms with Crippen molar-refractivity contribution >= 4 is 16.9 Å². The summed E-state index contributed by atoms with van der Waals surface area (Å²) >= 11 is -1.38. The van der Waals surface area contributed by atoms with Gasteiger partial charge < -0.3 is 9.32 Å². The van der Waals surface area contributed by atoms with E-state index in [-0.39, 0.29) is 5.89 Å². The van der Waals surface area contributed by atoms with Gasteiger partial charge in [-0.2, -0.15) is 8.78 Å². The van der Waals surface area contributed by atoms with Gasteiger partial charge in [-0.25, -0.2) is 8.51 Å². The molecule has 1 unspecified atom stereocenters. The summed E-state index contributed by atoms with van der Waals surface area (Å²) < 4.78 is 47.4. The van der Waals surface area contributed by atoms with Gasteiger partial charge in [0.2, 0.25) is 5.89 Å². The number of hydrogen-bond donors (Lipinski definition) is 0. The molecule has 1 aliphatic rings. The predicted octanol–water partition coefficient (Wildman–Crippen LogP) is 2.90. The number of alkyl halides is 2. The van der Waals surface area contributed by atoms with E-state index in [0.29, 0.717) is 30.9 Å². The van der Waals surface area contributed by atoms with Gasteiger partial charge >= 0.3 is 6.43 Å². The average Bonchev–Trinajstić information content (AvgIpc) is 3.29. The molecule has 164 valence electrons. The van der Waals surface area contributed by atoms with Crippen molar-refractivity contribution in [2.45, 2.75) is 13.0 Å². The van der Waals surface area contributed by atoms with Crippen molar-refractivity contribution in [3.8, 4) is 11.5 Å². The van der Waals surface area contributed by atoms with Crippen molar-refractivity contribution in [2.24, 2.45) is 0 Å².